The highest BCUT2D eigenvalue weighted by atomic mass is 35.5. The van der Waals surface area contributed by atoms with Gasteiger partial charge < -0.3 is 0 Å². The summed E-state index contributed by atoms with van der Waals surface area (Å²) in [5.41, 5.74) is 2.35. The Kier molecular flexibility index (Phi) is 3.60. The third-order valence-corrected chi connectivity index (χ3v) is 2.96. The molecular weight excluding hydrogens is 257 g/mol. The molecule has 0 bridgehead atoms. The van der Waals surface area contributed by atoms with Gasteiger partial charge in [0.15, 0.2) is 5.82 Å². The zero-order chi connectivity index (χ0) is 12.4. The predicted molar refractivity (Wildman–Crippen MR) is 69.3 cm³/mol. The van der Waals surface area contributed by atoms with Gasteiger partial charge in [-0.05, 0) is 26.0 Å². The smallest absolute Gasteiger partial charge is 0.179 e. The molecule has 0 spiro atoms. The van der Waals surface area contributed by atoms with Crippen LogP contribution in [0.5, 0.6) is 0 Å². The van der Waals surface area contributed by atoms with Crippen LogP contribution >= 0.6 is 23.2 Å². The van der Waals surface area contributed by atoms with E-state index in [9.17, 15) is 0 Å². The van der Waals surface area contributed by atoms with E-state index < -0.39 is 0 Å². The molecule has 0 radical (unpaired) electrons. The lowest BCUT2D eigenvalue weighted by Crippen LogP contribution is -1.99. The second-order valence-electron chi connectivity index (χ2n) is 3.68. The first-order chi connectivity index (χ1) is 8.09. The maximum absolute atomic E-state index is 6.04. The molecule has 0 N–H and O–H groups in total. The molecule has 5 heteroatoms. The standard InChI is InChI=1S/C12H11Cl2N3/c1-7(13)9-6-16-12(17-8(9)2)11-10(14)4-3-5-15-11/h3-7H,1-2H3. The molecule has 88 valence electrons. The Morgan fingerprint density at radius 2 is 2.06 bits per heavy atom. The van der Waals surface area contributed by atoms with Crippen LogP contribution < -0.4 is 0 Å². The lowest BCUT2D eigenvalue weighted by atomic mass is 10.2. The first-order valence-electron chi connectivity index (χ1n) is 5.18. The molecular formula is C12H11Cl2N3. The van der Waals surface area contributed by atoms with Crippen LogP contribution in [0.3, 0.4) is 0 Å². The van der Waals surface area contributed by atoms with Gasteiger partial charge in [0.05, 0.1) is 10.4 Å². The molecule has 0 amide bonds. The Hall–Kier alpha value is -1.19. The summed E-state index contributed by atoms with van der Waals surface area (Å²) < 4.78 is 0. The van der Waals surface area contributed by atoms with Crippen LogP contribution in [0, 0.1) is 6.92 Å². The van der Waals surface area contributed by atoms with Gasteiger partial charge in [-0.15, -0.1) is 11.6 Å². The maximum atomic E-state index is 6.04. The van der Waals surface area contributed by atoms with Crippen molar-refractivity contribution >= 4 is 23.2 Å². The number of pyridine rings is 1. The van der Waals surface area contributed by atoms with Crippen molar-refractivity contribution in [1.29, 1.82) is 0 Å². The fraction of sp³-hybridized carbons (Fsp3) is 0.250. The number of aromatic nitrogens is 3. The molecule has 0 saturated carbocycles. The van der Waals surface area contributed by atoms with Crippen LogP contribution in [0.4, 0.5) is 0 Å². The van der Waals surface area contributed by atoms with Crippen molar-refractivity contribution in [2.45, 2.75) is 19.2 Å². The summed E-state index contributed by atoms with van der Waals surface area (Å²) in [6, 6.07) is 3.54. The van der Waals surface area contributed by atoms with Crippen LogP contribution in [-0.4, -0.2) is 15.0 Å². The molecule has 2 rings (SSSR count). The van der Waals surface area contributed by atoms with Crippen LogP contribution in [-0.2, 0) is 0 Å². The highest BCUT2D eigenvalue weighted by molar-refractivity contribution is 6.32. The summed E-state index contributed by atoms with van der Waals surface area (Å²) in [6.07, 6.45) is 3.39. The normalized spacial score (nSPS) is 12.5. The number of halogens is 2. The number of aryl methyl sites for hydroxylation is 1. The van der Waals surface area contributed by atoms with E-state index in [1.54, 1.807) is 24.5 Å². The van der Waals surface area contributed by atoms with Crippen molar-refractivity contribution in [3.8, 4) is 11.5 Å². The van der Waals surface area contributed by atoms with E-state index in [1.807, 2.05) is 13.8 Å². The SMILES string of the molecule is Cc1nc(-c2ncccc2Cl)ncc1C(C)Cl. The third-order valence-electron chi connectivity index (χ3n) is 2.42. The van der Waals surface area contributed by atoms with Crippen molar-refractivity contribution in [2.24, 2.45) is 0 Å². The number of rotatable bonds is 2. The Bertz CT molecular complexity index is 541. The van der Waals surface area contributed by atoms with E-state index in [-0.39, 0.29) is 5.38 Å². The summed E-state index contributed by atoms with van der Waals surface area (Å²) >= 11 is 12.1. The van der Waals surface area contributed by atoms with Crippen molar-refractivity contribution in [3.63, 3.8) is 0 Å². The summed E-state index contributed by atoms with van der Waals surface area (Å²) in [4.78, 5) is 12.8. The molecule has 0 aromatic carbocycles. The minimum Gasteiger partial charge on any atom is -0.251 e. The van der Waals surface area contributed by atoms with Gasteiger partial charge in [0, 0.05) is 23.7 Å². The third kappa shape index (κ3) is 2.56. The second kappa shape index (κ2) is 4.98. The van der Waals surface area contributed by atoms with Crippen molar-refractivity contribution in [1.82, 2.24) is 15.0 Å². The molecule has 2 aromatic heterocycles. The molecule has 0 saturated heterocycles. The van der Waals surface area contributed by atoms with Gasteiger partial charge in [0.25, 0.3) is 0 Å². The maximum Gasteiger partial charge on any atom is 0.179 e. The van der Waals surface area contributed by atoms with Crippen LogP contribution in [0.1, 0.15) is 23.6 Å². The molecule has 0 fully saturated rings. The zero-order valence-corrected chi connectivity index (χ0v) is 11.0. The van der Waals surface area contributed by atoms with Gasteiger partial charge in [-0.25, -0.2) is 9.97 Å². The van der Waals surface area contributed by atoms with Gasteiger partial charge in [-0.1, -0.05) is 11.6 Å². The van der Waals surface area contributed by atoms with Gasteiger partial charge >= 0.3 is 0 Å². The van der Waals surface area contributed by atoms with Crippen LogP contribution in [0.15, 0.2) is 24.5 Å². The average Bonchev–Trinajstić information content (AvgIpc) is 2.29. The minimum atomic E-state index is -0.108. The van der Waals surface area contributed by atoms with E-state index in [0.29, 0.717) is 16.5 Å². The zero-order valence-electron chi connectivity index (χ0n) is 9.48. The lowest BCUT2D eigenvalue weighted by Gasteiger charge is -2.08. The largest absolute Gasteiger partial charge is 0.251 e. The van der Waals surface area contributed by atoms with Crippen molar-refractivity contribution in [2.75, 3.05) is 0 Å². The van der Waals surface area contributed by atoms with E-state index in [1.165, 1.54) is 0 Å². The first kappa shape index (κ1) is 12.3. The molecule has 1 atom stereocenters. The molecule has 1 unspecified atom stereocenters. The molecule has 3 nitrogen and oxygen atoms in total. The molecule has 2 aromatic rings. The topological polar surface area (TPSA) is 38.7 Å². The summed E-state index contributed by atoms with van der Waals surface area (Å²) in [6.45, 7) is 3.79. The predicted octanol–water partition coefficient (Wildman–Crippen LogP) is 3.80. The van der Waals surface area contributed by atoms with E-state index in [0.717, 1.165) is 11.3 Å². The van der Waals surface area contributed by atoms with Crippen LogP contribution in [0.25, 0.3) is 11.5 Å². The number of hydrogen-bond donors (Lipinski definition) is 0. The van der Waals surface area contributed by atoms with E-state index >= 15 is 0 Å². The van der Waals surface area contributed by atoms with Crippen molar-refractivity contribution < 1.29 is 0 Å². The summed E-state index contributed by atoms with van der Waals surface area (Å²) in [7, 11) is 0. The Morgan fingerprint density at radius 1 is 1.29 bits per heavy atom. The number of hydrogen-bond acceptors (Lipinski definition) is 3. The highest BCUT2D eigenvalue weighted by Gasteiger charge is 2.12. The average molecular weight is 268 g/mol. The summed E-state index contributed by atoms with van der Waals surface area (Å²) in [5.74, 6) is 0.522. The Balaban J connectivity index is 2.49. The van der Waals surface area contributed by atoms with Gasteiger partial charge in [-0.2, -0.15) is 0 Å². The minimum absolute atomic E-state index is 0.108. The monoisotopic (exact) mass is 267 g/mol. The molecule has 2 heterocycles. The van der Waals surface area contributed by atoms with Gasteiger partial charge in [-0.3, -0.25) is 4.98 Å². The molecule has 0 aliphatic carbocycles. The lowest BCUT2D eigenvalue weighted by molar-refractivity contribution is 0.971. The van der Waals surface area contributed by atoms with E-state index in [4.69, 9.17) is 23.2 Å². The second-order valence-corrected chi connectivity index (χ2v) is 4.75. The molecule has 0 aliphatic rings. The Labute approximate surface area is 110 Å². The number of nitrogens with zero attached hydrogens (tertiary/aromatic N) is 3. The molecule has 0 aliphatic heterocycles. The van der Waals surface area contributed by atoms with E-state index in [2.05, 4.69) is 15.0 Å². The quantitative estimate of drug-likeness (QED) is 0.777. The van der Waals surface area contributed by atoms with Crippen molar-refractivity contribution in [3.05, 3.63) is 40.8 Å². The van der Waals surface area contributed by atoms with Crippen LogP contribution in [0.2, 0.25) is 5.02 Å². The van der Waals surface area contributed by atoms with Gasteiger partial charge in [0.1, 0.15) is 5.69 Å². The first-order valence-corrected chi connectivity index (χ1v) is 5.99. The Morgan fingerprint density at radius 3 is 2.65 bits per heavy atom. The fourth-order valence-corrected chi connectivity index (χ4v) is 1.95. The number of alkyl halides is 1. The fourth-order valence-electron chi connectivity index (χ4n) is 1.53. The molecule has 17 heavy (non-hydrogen) atoms. The van der Waals surface area contributed by atoms with Gasteiger partial charge in [0.2, 0.25) is 0 Å². The summed E-state index contributed by atoms with van der Waals surface area (Å²) in [5, 5.41) is 0.432. The highest BCUT2D eigenvalue weighted by Crippen LogP contribution is 2.25.